The highest BCUT2D eigenvalue weighted by atomic mass is 16.1. The number of aliphatic imine (C=N–C) groups is 1. The summed E-state index contributed by atoms with van der Waals surface area (Å²) in [6.45, 7) is 0. The lowest BCUT2D eigenvalue weighted by Crippen LogP contribution is -1.71. The molecule has 1 rings (SSSR count). The second-order valence-electron chi connectivity index (χ2n) is 1.88. The topological polar surface area (TPSA) is 29.4 Å². The Morgan fingerprint density at radius 3 is 3.10 bits per heavy atom. The van der Waals surface area contributed by atoms with Crippen LogP contribution in [0.2, 0.25) is 0 Å². The molecule has 10 heavy (non-hydrogen) atoms. The molecule has 0 aromatic rings. The van der Waals surface area contributed by atoms with E-state index in [1.807, 2.05) is 24.3 Å². The SMILES string of the molecule is O=C=NC1=CC=CC=CC1. The van der Waals surface area contributed by atoms with E-state index in [4.69, 9.17) is 0 Å². The Morgan fingerprint density at radius 1 is 1.40 bits per heavy atom. The first-order valence-corrected chi connectivity index (χ1v) is 3.04. The van der Waals surface area contributed by atoms with Gasteiger partial charge in [-0.05, 0) is 6.08 Å². The summed E-state index contributed by atoms with van der Waals surface area (Å²) in [6, 6.07) is 0. The summed E-state index contributed by atoms with van der Waals surface area (Å²) in [7, 11) is 0. The van der Waals surface area contributed by atoms with Crippen molar-refractivity contribution < 1.29 is 4.79 Å². The van der Waals surface area contributed by atoms with Crippen LogP contribution in [0.3, 0.4) is 0 Å². The van der Waals surface area contributed by atoms with Gasteiger partial charge in [0, 0.05) is 6.42 Å². The van der Waals surface area contributed by atoms with Crippen molar-refractivity contribution in [2.75, 3.05) is 0 Å². The van der Waals surface area contributed by atoms with Crippen molar-refractivity contribution in [1.29, 1.82) is 0 Å². The van der Waals surface area contributed by atoms with Crippen molar-refractivity contribution in [3.8, 4) is 0 Å². The molecule has 1 aliphatic rings. The lowest BCUT2D eigenvalue weighted by atomic mass is 10.3. The molecule has 0 unspecified atom stereocenters. The molecular formula is C8H7NO. The van der Waals surface area contributed by atoms with Gasteiger partial charge < -0.3 is 0 Å². The standard InChI is InChI=1S/C8H7NO/c10-7-9-8-5-3-1-2-4-6-8/h1-5H,6H2. The van der Waals surface area contributed by atoms with Gasteiger partial charge in [-0.1, -0.05) is 24.3 Å². The first kappa shape index (κ1) is 6.72. The van der Waals surface area contributed by atoms with Gasteiger partial charge in [0.1, 0.15) is 0 Å². The van der Waals surface area contributed by atoms with Gasteiger partial charge in [-0.3, -0.25) is 0 Å². The molecule has 50 valence electrons. The molecule has 0 fully saturated rings. The van der Waals surface area contributed by atoms with Crippen LogP contribution in [-0.4, -0.2) is 6.08 Å². The van der Waals surface area contributed by atoms with Gasteiger partial charge in [-0.15, -0.1) is 0 Å². The van der Waals surface area contributed by atoms with Crippen LogP contribution >= 0.6 is 0 Å². The molecule has 2 heteroatoms. The van der Waals surface area contributed by atoms with Gasteiger partial charge in [-0.25, -0.2) is 4.79 Å². The third-order valence-electron chi connectivity index (χ3n) is 1.16. The number of allylic oxidation sites excluding steroid dienone is 5. The minimum Gasteiger partial charge on any atom is -0.211 e. The molecule has 0 N–H and O–H groups in total. The van der Waals surface area contributed by atoms with Crippen LogP contribution < -0.4 is 0 Å². The molecule has 0 heterocycles. The summed E-state index contributed by atoms with van der Waals surface area (Å²) in [5.74, 6) is 0. The maximum atomic E-state index is 9.80. The lowest BCUT2D eigenvalue weighted by Gasteiger charge is -1.86. The molecule has 0 atom stereocenters. The van der Waals surface area contributed by atoms with E-state index in [0.717, 1.165) is 5.70 Å². The molecule has 0 aromatic heterocycles. The summed E-state index contributed by atoms with van der Waals surface area (Å²) in [5, 5.41) is 0. The fourth-order valence-corrected chi connectivity index (χ4v) is 0.708. The van der Waals surface area contributed by atoms with E-state index in [1.165, 1.54) is 6.08 Å². The smallest absolute Gasteiger partial charge is 0.211 e. The third kappa shape index (κ3) is 1.84. The van der Waals surface area contributed by atoms with Crippen LogP contribution in [0.15, 0.2) is 41.1 Å². The van der Waals surface area contributed by atoms with E-state index in [-0.39, 0.29) is 0 Å². The van der Waals surface area contributed by atoms with E-state index < -0.39 is 0 Å². The Morgan fingerprint density at radius 2 is 2.30 bits per heavy atom. The molecular weight excluding hydrogens is 126 g/mol. The largest absolute Gasteiger partial charge is 0.240 e. The fourth-order valence-electron chi connectivity index (χ4n) is 0.708. The predicted octanol–water partition coefficient (Wildman–Crippen LogP) is 1.72. The van der Waals surface area contributed by atoms with Gasteiger partial charge >= 0.3 is 0 Å². The molecule has 2 nitrogen and oxygen atoms in total. The van der Waals surface area contributed by atoms with Crippen molar-refractivity contribution in [1.82, 2.24) is 0 Å². The fraction of sp³-hybridized carbons (Fsp3) is 0.125. The highest BCUT2D eigenvalue weighted by molar-refractivity contribution is 5.38. The minimum absolute atomic E-state index is 0.711. The van der Waals surface area contributed by atoms with Crippen molar-refractivity contribution >= 4 is 6.08 Å². The predicted molar refractivity (Wildman–Crippen MR) is 39.1 cm³/mol. The number of isocyanates is 1. The molecule has 0 saturated carbocycles. The monoisotopic (exact) mass is 133 g/mol. The molecule has 0 bridgehead atoms. The van der Waals surface area contributed by atoms with E-state index in [2.05, 4.69) is 4.99 Å². The summed E-state index contributed by atoms with van der Waals surface area (Å²) in [6.07, 6.45) is 11.6. The van der Waals surface area contributed by atoms with Crippen LogP contribution in [0, 0.1) is 0 Å². The molecule has 0 aromatic carbocycles. The van der Waals surface area contributed by atoms with Gasteiger partial charge in [0.15, 0.2) is 0 Å². The highest BCUT2D eigenvalue weighted by Crippen LogP contribution is 2.06. The van der Waals surface area contributed by atoms with Crippen LogP contribution in [0.1, 0.15) is 6.42 Å². The second kappa shape index (κ2) is 3.59. The van der Waals surface area contributed by atoms with Gasteiger partial charge in [0.2, 0.25) is 6.08 Å². The van der Waals surface area contributed by atoms with E-state index in [9.17, 15) is 4.79 Å². The van der Waals surface area contributed by atoms with Crippen molar-refractivity contribution in [3.05, 3.63) is 36.1 Å². The average molecular weight is 133 g/mol. The Labute approximate surface area is 59.3 Å². The molecule has 0 saturated heterocycles. The summed E-state index contributed by atoms with van der Waals surface area (Å²) in [5.41, 5.74) is 0.750. The zero-order valence-electron chi connectivity index (χ0n) is 5.45. The Kier molecular flexibility index (Phi) is 2.41. The first-order chi connectivity index (χ1) is 4.93. The van der Waals surface area contributed by atoms with Crippen molar-refractivity contribution in [2.45, 2.75) is 6.42 Å². The maximum absolute atomic E-state index is 9.80. The number of hydrogen-bond acceptors (Lipinski definition) is 2. The van der Waals surface area contributed by atoms with Gasteiger partial charge in [0.05, 0.1) is 5.70 Å². The molecule has 0 radical (unpaired) electrons. The van der Waals surface area contributed by atoms with Crippen LogP contribution in [0.5, 0.6) is 0 Å². The second-order valence-corrected chi connectivity index (χ2v) is 1.88. The zero-order chi connectivity index (χ0) is 7.23. The van der Waals surface area contributed by atoms with Gasteiger partial charge in [0.25, 0.3) is 0 Å². The number of rotatable bonds is 1. The molecule has 1 aliphatic carbocycles. The lowest BCUT2D eigenvalue weighted by molar-refractivity contribution is 0.564. The normalized spacial score (nSPS) is 15.4. The van der Waals surface area contributed by atoms with Crippen LogP contribution in [0.25, 0.3) is 0 Å². The van der Waals surface area contributed by atoms with Crippen molar-refractivity contribution in [3.63, 3.8) is 0 Å². The average Bonchev–Trinajstić information content (AvgIpc) is 2.17. The van der Waals surface area contributed by atoms with E-state index >= 15 is 0 Å². The zero-order valence-corrected chi connectivity index (χ0v) is 5.45. The summed E-state index contributed by atoms with van der Waals surface area (Å²) >= 11 is 0. The Balaban J connectivity index is 2.77. The number of carbonyl (C=O) groups excluding carboxylic acids is 1. The maximum Gasteiger partial charge on any atom is 0.240 e. The summed E-state index contributed by atoms with van der Waals surface area (Å²) < 4.78 is 0. The molecule has 0 amide bonds. The van der Waals surface area contributed by atoms with Gasteiger partial charge in [-0.2, -0.15) is 4.99 Å². The minimum atomic E-state index is 0.711. The summed E-state index contributed by atoms with van der Waals surface area (Å²) in [4.78, 5) is 13.3. The van der Waals surface area contributed by atoms with E-state index in [0.29, 0.717) is 6.42 Å². The van der Waals surface area contributed by atoms with Crippen molar-refractivity contribution in [2.24, 2.45) is 4.99 Å². The number of hydrogen-bond donors (Lipinski definition) is 0. The van der Waals surface area contributed by atoms with Crippen LogP contribution in [-0.2, 0) is 4.79 Å². The van der Waals surface area contributed by atoms with E-state index in [1.54, 1.807) is 6.08 Å². The first-order valence-electron chi connectivity index (χ1n) is 3.04. The molecule has 0 spiro atoms. The quantitative estimate of drug-likeness (QED) is 0.395. The Hall–Kier alpha value is -1.40. The third-order valence-corrected chi connectivity index (χ3v) is 1.16. The highest BCUT2D eigenvalue weighted by Gasteiger charge is 1.89. The Bertz CT molecular complexity index is 242. The number of nitrogens with zero attached hydrogens (tertiary/aromatic N) is 1. The van der Waals surface area contributed by atoms with Crippen LogP contribution in [0.4, 0.5) is 0 Å². The molecule has 0 aliphatic heterocycles.